The monoisotopic (exact) mass is 335 g/mol. The van der Waals surface area contributed by atoms with Crippen molar-refractivity contribution in [2.75, 3.05) is 6.54 Å². The van der Waals surface area contributed by atoms with Gasteiger partial charge in [-0.15, -0.1) is 0 Å². The Labute approximate surface area is 146 Å². The molecule has 2 nitrogen and oxygen atoms in total. The van der Waals surface area contributed by atoms with Crippen LogP contribution in [0.4, 0.5) is 0 Å². The molecule has 0 saturated heterocycles. The standard InChI is InChI=1S/C20H33NOS/c1-6-7-13-21-15(2)19(20(3,4)5)23-18(21)14-17(22)16-11-9-8-10-12-16/h14,16H,6-13H2,1-5H3/b18-14-. The Balaban J connectivity index is 2.19. The number of carbonyl (C=O) groups is 1. The summed E-state index contributed by atoms with van der Waals surface area (Å²) in [6.07, 6.45) is 10.2. The van der Waals surface area contributed by atoms with E-state index in [-0.39, 0.29) is 11.3 Å². The van der Waals surface area contributed by atoms with E-state index in [4.69, 9.17) is 0 Å². The molecule has 0 atom stereocenters. The van der Waals surface area contributed by atoms with Gasteiger partial charge in [-0.05, 0) is 31.6 Å². The fourth-order valence-electron chi connectivity index (χ4n) is 3.55. The van der Waals surface area contributed by atoms with Crippen molar-refractivity contribution in [3.05, 3.63) is 21.7 Å². The molecule has 0 unspecified atom stereocenters. The van der Waals surface area contributed by atoms with Crippen molar-refractivity contribution in [3.63, 3.8) is 0 Å². The van der Waals surface area contributed by atoms with Crippen molar-refractivity contribution >= 4 is 17.5 Å². The molecule has 0 aromatic carbocycles. The molecule has 0 N–H and O–H groups in total. The van der Waals surface area contributed by atoms with Gasteiger partial charge >= 0.3 is 0 Å². The second-order valence-electron chi connectivity index (χ2n) is 7.99. The Bertz CT molecular complexity index is 492. The second kappa shape index (κ2) is 7.92. The van der Waals surface area contributed by atoms with Crippen molar-refractivity contribution in [2.24, 2.45) is 11.3 Å². The third-order valence-corrected chi connectivity index (χ3v) is 6.56. The van der Waals surface area contributed by atoms with Crippen molar-refractivity contribution in [1.82, 2.24) is 4.90 Å². The van der Waals surface area contributed by atoms with Gasteiger partial charge in [-0.3, -0.25) is 4.79 Å². The first-order chi connectivity index (χ1) is 10.8. The van der Waals surface area contributed by atoms with Gasteiger partial charge in [0.25, 0.3) is 0 Å². The van der Waals surface area contributed by atoms with Crippen molar-refractivity contribution in [2.45, 2.75) is 79.6 Å². The van der Waals surface area contributed by atoms with Crippen molar-refractivity contribution in [3.8, 4) is 0 Å². The average Bonchev–Trinajstić information content (AvgIpc) is 2.82. The molecule has 0 aromatic heterocycles. The Morgan fingerprint density at radius 2 is 1.91 bits per heavy atom. The van der Waals surface area contributed by atoms with Crippen LogP contribution in [0, 0.1) is 11.3 Å². The zero-order valence-corrected chi connectivity index (χ0v) is 16.4. The predicted molar refractivity (Wildman–Crippen MR) is 101 cm³/mol. The summed E-state index contributed by atoms with van der Waals surface area (Å²) >= 11 is 1.82. The third-order valence-electron chi connectivity index (χ3n) is 4.90. The molecular formula is C20H33NOS. The van der Waals surface area contributed by atoms with E-state index < -0.39 is 0 Å². The van der Waals surface area contributed by atoms with E-state index in [9.17, 15) is 4.79 Å². The quantitative estimate of drug-likeness (QED) is 0.566. The summed E-state index contributed by atoms with van der Waals surface area (Å²) in [5.74, 6) is 0.625. The van der Waals surface area contributed by atoms with E-state index in [2.05, 4.69) is 39.5 Å². The fraction of sp³-hybridized carbons (Fsp3) is 0.750. The summed E-state index contributed by atoms with van der Waals surface area (Å²) < 4.78 is 0. The lowest BCUT2D eigenvalue weighted by Crippen LogP contribution is -2.21. The second-order valence-corrected chi connectivity index (χ2v) is 9.02. The summed E-state index contributed by atoms with van der Waals surface area (Å²) in [6, 6.07) is 0. The van der Waals surface area contributed by atoms with Crippen LogP contribution in [0.1, 0.15) is 79.6 Å². The third kappa shape index (κ3) is 4.65. The summed E-state index contributed by atoms with van der Waals surface area (Å²) in [5, 5.41) is 1.16. The van der Waals surface area contributed by atoms with Crippen molar-refractivity contribution in [1.29, 1.82) is 0 Å². The molecule has 0 aromatic rings. The number of carbonyl (C=O) groups excluding carboxylic acids is 1. The van der Waals surface area contributed by atoms with E-state index in [0.29, 0.717) is 5.78 Å². The smallest absolute Gasteiger partial charge is 0.161 e. The van der Waals surface area contributed by atoms with E-state index in [1.807, 2.05) is 17.8 Å². The SMILES string of the molecule is CCCCN1C(C)=C(C(C)(C)C)S/C1=C\C(=O)C1CCCCC1. The first-order valence-electron chi connectivity index (χ1n) is 9.27. The largest absolute Gasteiger partial charge is 0.339 e. The molecule has 1 aliphatic heterocycles. The molecule has 0 amide bonds. The molecule has 3 heteroatoms. The number of rotatable bonds is 5. The highest BCUT2D eigenvalue weighted by Crippen LogP contribution is 2.49. The van der Waals surface area contributed by atoms with Crippen LogP contribution in [-0.2, 0) is 4.79 Å². The molecule has 0 radical (unpaired) electrons. The Morgan fingerprint density at radius 1 is 1.26 bits per heavy atom. The maximum atomic E-state index is 12.7. The Hall–Kier alpha value is -0.700. The van der Waals surface area contributed by atoms with Gasteiger partial charge in [-0.1, -0.05) is 65.1 Å². The summed E-state index contributed by atoms with van der Waals surface area (Å²) in [6.45, 7) is 12.3. The predicted octanol–water partition coefficient (Wildman–Crippen LogP) is 6.10. The van der Waals surface area contributed by atoms with Crippen LogP contribution in [0.3, 0.4) is 0 Å². The van der Waals surface area contributed by atoms with Crippen LogP contribution < -0.4 is 0 Å². The summed E-state index contributed by atoms with van der Waals surface area (Å²) in [4.78, 5) is 16.5. The number of hydrogen-bond donors (Lipinski definition) is 0. The van der Waals surface area contributed by atoms with Gasteiger partial charge in [0.1, 0.15) is 0 Å². The number of thioether (sulfide) groups is 1. The lowest BCUT2D eigenvalue weighted by atomic mass is 9.86. The number of allylic oxidation sites excluding steroid dienone is 3. The van der Waals surface area contributed by atoms with E-state index >= 15 is 0 Å². The van der Waals surface area contributed by atoms with Crippen LogP contribution in [0.5, 0.6) is 0 Å². The van der Waals surface area contributed by atoms with E-state index in [0.717, 1.165) is 24.4 Å². The van der Waals surface area contributed by atoms with Crippen LogP contribution in [-0.4, -0.2) is 17.2 Å². The van der Waals surface area contributed by atoms with Crippen LogP contribution in [0.2, 0.25) is 0 Å². The lowest BCUT2D eigenvalue weighted by molar-refractivity contribution is -0.119. The first-order valence-corrected chi connectivity index (χ1v) is 10.1. The maximum Gasteiger partial charge on any atom is 0.161 e. The van der Waals surface area contributed by atoms with E-state index in [1.54, 1.807) is 0 Å². The minimum Gasteiger partial charge on any atom is -0.339 e. The van der Waals surface area contributed by atoms with Crippen LogP contribution in [0.25, 0.3) is 0 Å². The van der Waals surface area contributed by atoms with Gasteiger partial charge in [0.2, 0.25) is 0 Å². The van der Waals surface area contributed by atoms with Gasteiger partial charge in [-0.25, -0.2) is 0 Å². The Kier molecular flexibility index (Phi) is 6.41. The lowest BCUT2D eigenvalue weighted by Gasteiger charge is -2.23. The van der Waals surface area contributed by atoms with Crippen LogP contribution >= 0.6 is 11.8 Å². The summed E-state index contributed by atoms with van der Waals surface area (Å²) in [5.41, 5.74) is 1.49. The number of nitrogens with zero attached hydrogens (tertiary/aromatic N) is 1. The maximum absolute atomic E-state index is 12.7. The zero-order valence-electron chi connectivity index (χ0n) is 15.6. The summed E-state index contributed by atoms with van der Waals surface area (Å²) in [7, 11) is 0. The minimum absolute atomic E-state index is 0.142. The average molecular weight is 336 g/mol. The molecule has 130 valence electrons. The molecule has 0 bridgehead atoms. The molecule has 2 aliphatic rings. The highest BCUT2D eigenvalue weighted by molar-refractivity contribution is 8.07. The molecule has 23 heavy (non-hydrogen) atoms. The number of unbranched alkanes of at least 4 members (excludes halogenated alkanes) is 1. The fourth-order valence-corrected chi connectivity index (χ4v) is 4.83. The van der Waals surface area contributed by atoms with Gasteiger partial charge in [-0.2, -0.15) is 0 Å². The van der Waals surface area contributed by atoms with Crippen molar-refractivity contribution < 1.29 is 4.79 Å². The van der Waals surface area contributed by atoms with E-state index in [1.165, 1.54) is 42.7 Å². The molecular weight excluding hydrogens is 302 g/mol. The zero-order chi connectivity index (χ0) is 17.0. The van der Waals surface area contributed by atoms with Gasteiger partial charge < -0.3 is 4.90 Å². The normalized spacial score (nSPS) is 22.3. The van der Waals surface area contributed by atoms with Gasteiger partial charge in [0.15, 0.2) is 5.78 Å². The molecule has 1 saturated carbocycles. The molecule has 1 aliphatic carbocycles. The topological polar surface area (TPSA) is 20.3 Å². The van der Waals surface area contributed by atoms with Crippen LogP contribution in [0.15, 0.2) is 21.7 Å². The minimum atomic E-state index is 0.142. The molecule has 1 fully saturated rings. The highest BCUT2D eigenvalue weighted by atomic mass is 32.2. The first kappa shape index (κ1) is 18.6. The molecule has 2 rings (SSSR count). The molecule has 1 heterocycles. The number of ketones is 1. The number of hydrogen-bond acceptors (Lipinski definition) is 3. The van der Waals surface area contributed by atoms with Gasteiger partial charge in [0.05, 0.1) is 5.03 Å². The molecule has 0 spiro atoms. The highest BCUT2D eigenvalue weighted by Gasteiger charge is 2.32. The Morgan fingerprint density at radius 3 is 2.48 bits per heavy atom. The van der Waals surface area contributed by atoms with Gasteiger partial charge in [0, 0.05) is 29.1 Å².